The normalized spacial score (nSPS) is 58.7. The standard InChI is InChI=1S/C15H20O6/c1-6-5-19-13(18)11-9(6)15-4-8(20-14(15,3)21-11)7(2)10(16)12(15)17/h6-9,11-12,17H,4-5H2,1-3H3. The largest absolute Gasteiger partial charge is 0.463 e. The van der Waals surface area contributed by atoms with E-state index in [-0.39, 0.29) is 29.6 Å². The summed E-state index contributed by atoms with van der Waals surface area (Å²) in [6.07, 6.45) is -1.61. The van der Waals surface area contributed by atoms with Gasteiger partial charge in [-0.15, -0.1) is 0 Å². The average Bonchev–Trinajstić information content (AvgIpc) is 2.84. The maximum absolute atomic E-state index is 12.4. The number of aliphatic hydroxyl groups excluding tert-OH is 1. The maximum Gasteiger partial charge on any atom is 0.335 e. The van der Waals surface area contributed by atoms with Gasteiger partial charge in [-0.25, -0.2) is 4.79 Å². The van der Waals surface area contributed by atoms with Crippen molar-refractivity contribution in [2.75, 3.05) is 6.61 Å². The van der Waals surface area contributed by atoms with Crippen LogP contribution in [0, 0.1) is 23.2 Å². The minimum atomic E-state index is -1.15. The second-order valence-electron chi connectivity index (χ2n) is 7.11. The van der Waals surface area contributed by atoms with Crippen LogP contribution in [0.2, 0.25) is 0 Å². The molecule has 4 fully saturated rings. The van der Waals surface area contributed by atoms with Crippen LogP contribution in [0.1, 0.15) is 27.2 Å². The summed E-state index contributed by atoms with van der Waals surface area (Å²) in [5.74, 6) is -2.30. The van der Waals surface area contributed by atoms with Gasteiger partial charge in [0.2, 0.25) is 0 Å². The highest BCUT2D eigenvalue weighted by Crippen LogP contribution is 2.66. The second-order valence-corrected chi connectivity index (χ2v) is 7.11. The summed E-state index contributed by atoms with van der Waals surface area (Å²) in [7, 11) is 0. The summed E-state index contributed by atoms with van der Waals surface area (Å²) < 4.78 is 17.1. The molecule has 0 radical (unpaired) electrons. The van der Waals surface area contributed by atoms with E-state index >= 15 is 0 Å². The predicted octanol–water partition coefficient (Wildman–Crippen LogP) is 0.265. The molecule has 21 heavy (non-hydrogen) atoms. The zero-order valence-electron chi connectivity index (χ0n) is 12.4. The fourth-order valence-corrected chi connectivity index (χ4v) is 5.03. The van der Waals surface area contributed by atoms with Gasteiger partial charge in [-0.2, -0.15) is 0 Å². The Bertz CT molecular complexity index is 532. The first-order valence-corrected chi connectivity index (χ1v) is 7.56. The zero-order valence-corrected chi connectivity index (χ0v) is 12.4. The lowest BCUT2D eigenvalue weighted by Crippen LogP contribution is -2.59. The molecule has 3 heterocycles. The van der Waals surface area contributed by atoms with Crippen molar-refractivity contribution in [1.29, 1.82) is 0 Å². The molecule has 2 bridgehead atoms. The number of carbonyl (C=O) groups is 2. The molecule has 8 atom stereocenters. The number of carbonyl (C=O) groups excluding carboxylic acids is 2. The van der Waals surface area contributed by atoms with Gasteiger partial charge in [0.1, 0.15) is 6.10 Å². The summed E-state index contributed by atoms with van der Waals surface area (Å²) in [5, 5.41) is 10.7. The van der Waals surface area contributed by atoms with E-state index in [2.05, 4.69) is 0 Å². The lowest BCUT2D eigenvalue weighted by molar-refractivity contribution is -0.241. The molecule has 3 saturated heterocycles. The Morgan fingerprint density at radius 1 is 1.24 bits per heavy atom. The molecule has 6 heteroatoms. The van der Waals surface area contributed by atoms with Gasteiger partial charge in [0.25, 0.3) is 0 Å². The topological polar surface area (TPSA) is 82.1 Å². The Balaban J connectivity index is 1.87. The number of hydrogen-bond acceptors (Lipinski definition) is 6. The molecule has 1 spiro atoms. The van der Waals surface area contributed by atoms with E-state index in [0.29, 0.717) is 13.0 Å². The number of ketones is 1. The van der Waals surface area contributed by atoms with Gasteiger partial charge >= 0.3 is 5.97 Å². The van der Waals surface area contributed by atoms with E-state index in [9.17, 15) is 14.7 Å². The maximum atomic E-state index is 12.4. The summed E-state index contributed by atoms with van der Waals surface area (Å²) in [6, 6.07) is 0. The molecule has 4 rings (SSSR count). The van der Waals surface area contributed by atoms with Crippen molar-refractivity contribution in [3.63, 3.8) is 0 Å². The molecule has 3 aliphatic heterocycles. The molecule has 1 aliphatic carbocycles. The van der Waals surface area contributed by atoms with Gasteiger partial charge < -0.3 is 19.3 Å². The number of Topliss-reactive ketones (excluding diaryl/α,β-unsaturated/α-hetero) is 1. The molecule has 0 amide bonds. The van der Waals surface area contributed by atoms with Crippen molar-refractivity contribution >= 4 is 11.8 Å². The molecule has 4 aliphatic rings. The molecule has 116 valence electrons. The van der Waals surface area contributed by atoms with Crippen molar-refractivity contribution in [1.82, 2.24) is 0 Å². The van der Waals surface area contributed by atoms with E-state index in [1.807, 2.05) is 6.92 Å². The van der Waals surface area contributed by atoms with Crippen LogP contribution < -0.4 is 0 Å². The highest BCUT2D eigenvalue weighted by Gasteiger charge is 2.78. The number of rotatable bonds is 0. The van der Waals surface area contributed by atoms with E-state index in [0.717, 1.165) is 0 Å². The first kappa shape index (κ1) is 13.7. The Kier molecular flexibility index (Phi) is 2.51. The fraction of sp³-hybridized carbons (Fsp3) is 0.867. The van der Waals surface area contributed by atoms with Crippen molar-refractivity contribution < 1.29 is 28.9 Å². The highest BCUT2D eigenvalue weighted by atomic mass is 16.7. The SMILES string of the molecule is CC1COC(=O)C2OC3(C)OC4CC3(C(O)C(=O)C4C)C12. The van der Waals surface area contributed by atoms with Crippen LogP contribution >= 0.6 is 0 Å². The number of fused-ring (bicyclic) bond motifs is 2. The number of cyclic esters (lactones) is 1. The summed E-state index contributed by atoms with van der Waals surface area (Å²) >= 11 is 0. The first-order chi connectivity index (χ1) is 9.82. The molecular formula is C15H20O6. The van der Waals surface area contributed by atoms with Crippen LogP contribution in [0.3, 0.4) is 0 Å². The molecule has 6 nitrogen and oxygen atoms in total. The molecule has 1 saturated carbocycles. The number of esters is 1. The monoisotopic (exact) mass is 296 g/mol. The molecule has 0 aromatic rings. The summed E-state index contributed by atoms with van der Waals surface area (Å²) in [4.78, 5) is 24.5. The van der Waals surface area contributed by atoms with Crippen LogP contribution in [0.5, 0.6) is 0 Å². The molecular weight excluding hydrogens is 276 g/mol. The van der Waals surface area contributed by atoms with Crippen molar-refractivity contribution in [2.24, 2.45) is 23.2 Å². The summed E-state index contributed by atoms with van der Waals surface area (Å²) in [6.45, 7) is 5.79. The van der Waals surface area contributed by atoms with Crippen LogP contribution in [0.15, 0.2) is 0 Å². The van der Waals surface area contributed by atoms with E-state index in [1.165, 1.54) is 0 Å². The Hall–Kier alpha value is -0.980. The quantitative estimate of drug-likeness (QED) is 0.646. The Morgan fingerprint density at radius 3 is 2.67 bits per heavy atom. The van der Waals surface area contributed by atoms with Crippen molar-refractivity contribution in [3.8, 4) is 0 Å². The Labute approximate surface area is 122 Å². The fourth-order valence-electron chi connectivity index (χ4n) is 5.03. The van der Waals surface area contributed by atoms with Gasteiger partial charge in [0.05, 0.1) is 18.1 Å². The predicted molar refractivity (Wildman–Crippen MR) is 69.0 cm³/mol. The van der Waals surface area contributed by atoms with E-state index in [4.69, 9.17) is 14.2 Å². The van der Waals surface area contributed by atoms with Crippen LogP contribution in [0.4, 0.5) is 0 Å². The third-order valence-electron chi connectivity index (χ3n) is 6.13. The van der Waals surface area contributed by atoms with Crippen LogP contribution in [-0.2, 0) is 23.8 Å². The van der Waals surface area contributed by atoms with Gasteiger partial charge in [-0.3, -0.25) is 4.79 Å². The van der Waals surface area contributed by atoms with Crippen LogP contribution in [0.25, 0.3) is 0 Å². The average molecular weight is 296 g/mol. The number of hydrogen-bond donors (Lipinski definition) is 1. The van der Waals surface area contributed by atoms with E-state index in [1.54, 1.807) is 13.8 Å². The lowest BCUT2D eigenvalue weighted by Gasteiger charge is -2.45. The third kappa shape index (κ3) is 1.34. The lowest BCUT2D eigenvalue weighted by atomic mass is 9.56. The first-order valence-electron chi connectivity index (χ1n) is 7.56. The molecule has 0 aromatic carbocycles. The zero-order chi connectivity index (χ0) is 15.2. The smallest absolute Gasteiger partial charge is 0.335 e. The van der Waals surface area contributed by atoms with Gasteiger partial charge in [-0.1, -0.05) is 13.8 Å². The van der Waals surface area contributed by atoms with Crippen molar-refractivity contribution in [2.45, 2.75) is 51.3 Å². The molecule has 0 aromatic heterocycles. The van der Waals surface area contributed by atoms with Crippen LogP contribution in [-0.4, -0.2) is 47.6 Å². The van der Waals surface area contributed by atoms with Gasteiger partial charge in [0, 0.05) is 11.8 Å². The minimum absolute atomic E-state index is 0.0210. The highest BCUT2D eigenvalue weighted by molar-refractivity contribution is 5.88. The Morgan fingerprint density at radius 2 is 1.95 bits per heavy atom. The number of ether oxygens (including phenoxy) is 3. The third-order valence-corrected chi connectivity index (χ3v) is 6.13. The molecule has 1 N–H and O–H groups in total. The number of aliphatic hydroxyl groups is 1. The molecule has 8 unspecified atom stereocenters. The summed E-state index contributed by atoms with van der Waals surface area (Å²) in [5.41, 5.74) is -0.842. The van der Waals surface area contributed by atoms with Gasteiger partial charge in [-0.05, 0) is 19.3 Å². The second kappa shape index (κ2) is 3.86. The van der Waals surface area contributed by atoms with Gasteiger partial charge in [0.15, 0.2) is 17.7 Å². The minimum Gasteiger partial charge on any atom is -0.463 e. The van der Waals surface area contributed by atoms with E-state index < -0.39 is 29.4 Å². The van der Waals surface area contributed by atoms with Crippen molar-refractivity contribution in [3.05, 3.63) is 0 Å².